The van der Waals surface area contributed by atoms with Gasteiger partial charge in [0.05, 0.1) is 0 Å². The number of benzene rings is 1. The van der Waals surface area contributed by atoms with Crippen molar-refractivity contribution < 1.29 is 0 Å². The van der Waals surface area contributed by atoms with Crippen LogP contribution >= 0.6 is 11.6 Å². The SMILES string of the molecule is CCC1(c2ccc(Cl)cc2)CCN1. The molecule has 1 aliphatic heterocycles. The smallest absolute Gasteiger partial charge is 0.0444 e. The summed E-state index contributed by atoms with van der Waals surface area (Å²) in [5.41, 5.74) is 1.61. The molecule has 0 aliphatic carbocycles. The lowest BCUT2D eigenvalue weighted by Gasteiger charge is -2.43. The minimum Gasteiger partial charge on any atom is -0.307 e. The molecule has 1 atom stereocenters. The number of hydrogen-bond donors (Lipinski definition) is 1. The molecule has 2 heteroatoms. The molecular weight excluding hydrogens is 182 g/mol. The lowest BCUT2D eigenvalue weighted by molar-refractivity contribution is 0.201. The van der Waals surface area contributed by atoms with Crippen LogP contribution in [0.3, 0.4) is 0 Å². The Morgan fingerprint density at radius 1 is 1.38 bits per heavy atom. The highest BCUT2D eigenvalue weighted by atomic mass is 35.5. The van der Waals surface area contributed by atoms with E-state index >= 15 is 0 Å². The summed E-state index contributed by atoms with van der Waals surface area (Å²) in [6.07, 6.45) is 2.39. The number of hydrogen-bond acceptors (Lipinski definition) is 1. The van der Waals surface area contributed by atoms with Gasteiger partial charge in [-0.05, 0) is 37.1 Å². The van der Waals surface area contributed by atoms with E-state index in [-0.39, 0.29) is 5.54 Å². The van der Waals surface area contributed by atoms with Gasteiger partial charge in [-0.2, -0.15) is 0 Å². The van der Waals surface area contributed by atoms with E-state index in [1.54, 1.807) is 0 Å². The molecule has 1 aromatic carbocycles. The van der Waals surface area contributed by atoms with E-state index < -0.39 is 0 Å². The first kappa shape index (κ1) is 9.04. The standard InChI is InChI=1S/C11H14ClN/c1-2-11(7-8-13-11)9-3-5-10(12)6-4-9/h3-6,13H,2,7-8H2,1H3. The third-order valence-corrected chi connectivity index (χ3v) is 3.27. The fraction of sp³-hybridized carbons (Fsp3) is 0.455. The summed E-state index contributed by atoms with van der Waals surface area (Å²) < 4.78 is 0. The highest BCUT2D eigenvalue weighted by Gasteiger charge is 2.35. The predicted octanol–water partition coefficient (Wildman–Crippen LogP) is 2.94. The van der Waals surface area contributed by atoms with Gasteiger partial charge in [0.15, 0.2) is 0 Å². The van der Waals surface area contributed by atoms with Crippen LogP contribution in [0.5, 0.6) is 0 Å². The van der Waals surface area contributed by atoms with E-state index in [1.807, 2.05) is 12.1 Å². The van der Waals surface area contributed by atoms with Crippen molar-refractivity contribution in [2.45, 2.75) is 25.3 Å². The zero-order chi connectivity index (χ0) is 9.31. The third kappa shape index (κ3) is 1.47. The van der Waals surface area contributed by atoms with Crippen LogP contribution in [-0.4, -0.2) is 6.54 Å². The molecule has 0 radical (unpaired) electrons. The van der Waals surface area contributed by atoms with Crippen molar-refractivity contribution in [3.05, 3.63) is 34.9 Å². The predicted molar refractivity (Wildman–Crippen MR) is 56.0 cm³/mol. The average Bonchev–Trinajstić information content (AvgIpc) is 2.07. The highest BCUT2D eigenvalue weighted by Crippen LogP contribution is 2.34. The summed E-state index contributed by atoms with van der Waals surface area (Å²) in [5, 5.41) is 4.32. The zero-order valence-electron chi connectivity index (χ0n) is 7.81. The molecule has 1 nitrogen and oxygen atoms in total. The van der Waals surface area contributed by atoms with Crippen LogP contribution < -0.4 is 5.32 Å². The zero-order valence-corrected chi connectivity index (χ0v) is 8.56. The van der Waals surface area contributed by atoms with Gasteiger partial charge in [0, 0.05) is 10.6 Å². The normalized spacial score (nSPS) is 26.9. The topological polar surface area (TPSA) is 12.0 Å². The summed E-state index contributed by atoms with van der Waals surface area (Å²) in [5.74, 6) is 0. The molecule has 2 rings (SSSR count). The number of rotatable bonds is 2. The molecule has 0 saturated carbocycles. The summed E-state index contributed by atoms with van der Waals surface area (Å²) >= 11 is 5.85. The molecule has 1 fully saturated rings. The molecule has 1 saturated heterocycles. The maximum Gasteiger partial charge on any atom is 0.0444 e. The molecule has 0 spiro atoms. The lowest BCUT2D eigenvalue weighted by Crippen LogP contribution is -2.53. The molecule has 0 amide bonds. The van der Waals surface area contributed by atoms with Crippen LogP contribution in [0.25, 0.3) is 0 Å². The molecule has 1 heterocycles. The Morgan fingerprint density at radius 3 is 2.38 bits per heavy atom. The second-order valence-electron chi connectivity index (χ2n) is 3.62. The molecule has 70 valence electrons. The fourth-order valence-corrected chi connectivity index (χ4v) is 2.07. The summed E-state index contributed by atoms with van der Waals surface area (Å²) in [4.78, 5) is 0. The van der Waals surface area contributed by atoms with Gasteiger partial charge in [0.25, 0.3) is 0 Å². The Hall–Kier alpha value is -0.530. The van der Waals surface area contributed by atoms with Gasteiger partial charge in [0.2, 0.25) is 0 Å². The minimum atomic E-state index is 0.241. The maximum absolute atomic E-state index is 5.85. The van der Waals surface area contributed by atoms with Crippen molar-refractivity contribution in [1.29, 1.82) is 0 Å². The van der Waals surface area contributed by atoms with Crippen LogP contribution in [0.1, 0.15) is 25.3 Å². The van der Waals surface area contributed by atoms with Crippen molar-refractivity contribution >= 4 is 11.6 Å². The van der Waals surface area contributed by atoms with Crippen LogP contribution in [0, 0.1) is 0 Å². The first-order chi connectivity index (χ1) is 6.27. The number of halogens is 1. The van der Waals surface area contributed by atoms with Gasteiger partial charge in [0.1, 0.15) is 0 Å². The van der Waals surface area contributed by atoms with E-state index in [2.05, 4.69) is 24.4 Å². The second-order valence-corrected chi connectivity index (χ2v) is 4.06. The first-order valence-corrected chi connectivity index (χ1v) is 5.16. The van der Waals surface area contributed by atoms with Crippen LogP contribution in [0.15, 0.2) is 24.3 Å². The number of nitrogens with one attached hydrogen (secondary N) is 1. The Labute approximate surface area is 84.1 Å². The lowest BCUT2D eigenvalue weighted by atomic mass is 9.79. The molecule has 0 aromatic heterocycles. The quantitative estimate of drug-likeness (QED) is 0.765. The van der Waals surface area contributed by atoms with Gasteiger partial charge in [-0.15, -0.1) is 0 Å². The van der Waals surface area contributed by atoms with Crippen LogP contribution in [0.4, 0.5) is 0 Å². The van der Waals surface area contributed by atoms with Crippen molar-refractivity contribution in [2.75, 3.05) is 6.54 Å². The third-order valence-electron chi connectivity index (χ3n) is 3.02. The van der Waals surface area contributed by atoms with E-state index in [0.717, 1.165) is 18.0 Å². The van der Waals surface area contributed by atoms with Gasteiger partial charge < -0.3 is 5.32 Å². The molecule has 1 aliphatic rings. The van der Waals surface area contributed by atoms with E-state index in [9.17, 15) is 0 Å². The fourth-order valence-electron chi connectivity index (χ4n) is 1.95. The van der Waals surface area contributed by atoms with Gasteiger partial charge in [-0.1, -0.05) is 30.7 Å². The van der Waals surface area contributed by atoms with Gasteiger partial charge in [-0.3, -0.25) is 0 Å². The monoisotopic (exact) mass is 195 g/mol. The Balaban J connectivity index is 2.28. The maximum atomic E-state index is 5.85. The molecule has 1 unspecified atom stereocenters. The van der Waals surface area contributed by atoms with Crippen molar-refractivity contribution in [1.82, 2.24) is 5.32 Å². The molecule has 1 N–H and O–H groups in total. The molecule has 0 bridgehead atoms. The second kappa shape index (κ2) is 3.32. The molecule has 1 aromatic rings. The molecule has 13 heavy (non-hydrogen) atoms. The Kier molecular flexibility index (Phi) is 2.31. The summed E-state index contributed by atoms with van der Waals surface area (Å²) in [6, 6.07) is 8.18. The summed E-state index contributed by atoms with van der Waals surface area (Å²) in [6.45, 7) is 3.36. The highest BCUT2D eigenvalue weighted by molar-refractivity contribution is 6.30. The van der Waals surface area contributed by atoms with Gasteiger partial charge >= 0.3 is 0 Å². The van der Waals surface area contributed by atoms with Crippen LogP contribution in [-0.2, 0) is 5.54 Å². The van der Waals surface area contributed by atoms with Crippen molar-refractivity contribution in [3.63, 3.8) is 0 Å². The first-order valence-electron chi connectivity index (χ1n) is 4.78. The van der Waals surface area contributed by atoms with Crippen molar-refractivity contribution in [3.8, 4) is 0 Å². The Bertz CT molecular complexity index is 282. The van der Waals surface area contributed by atoms with Crippen molar-refractivity contribution in [2.24, 2.45) is 0 Å². The average molecular weight is 196 g/mol. The van der Waals surface area contributed by atoms with Crippen LogP contribution in [0.2, 0.25) is 5.02 Å². The Morgan fingerprint density at radius 2 is 2.00 bits per heavy atom. The summed E-state index contributed by atoms with van der Waals surface area (Å²) in [7, 11) is 0. The largest absolute Gasteiger partial charge is 0.307 e. The molecular formula is C11H14ClN. The van der Waals surface area contributed by atoms with Gasteiger partial charge in [-0.25, -0.2) is 0 Å². The van der Waals surface area contributed by atoms with E-state index in [0.29, 0.717) is 0 Å². The minimum absolute atomic E-state index is 0.241. The van der Waals surface area contributed by atoms with E-state index in [1.165, 1.54) is 12.0 Å². The van der Waals surface area contributed by atoms with E-state index in [4.69, 9.17) is 11.6 Å².